The second-order valence-corrected chi connectivity index (χ2v) is 11.5. The molecule has 0 aliphatic carbocycles. The monoisotopic (exact) mass is 618 g/mol. The molecule has 1 aromatic carbocycles. The zero-order valence-electron chi connectivity index (χ0n) is 26.0. The summed E-state index contributed by atoms with van der Waals surface area (Å²) in [5.41, 5.74) is 1.68. The number of unbranched alkanes of at least 4 members (excludes halogenated alkanes) is 1. The molecular formula is C33H38N4O8. The number of hydrogen-bond acceptors (Lipinski definition) is 10. The van der Waals surface area contributed by atoms with Crippen molar-refractivity contribution in [1.29, 1.82) is 0 Å². The van der Waals surface area contributed by atoms with Crippen molar-refractivity contribution in [2.75, 3.05) is 13.6 Å². The fourth-order valence-electron chi connectivity index (χ4n) is 6.18. The molecule has 2 aliphatic rings. The van der Waals surface area contributed by atoms with E-state index in [4.69, 9.17) is 14.5 Å². The number of ether oxygens (including phenoxy) is 2. The summed E-state index contributed by atoms with van der Waals surface area (Å²) in [4.78, 5) is 68.1. The molecule has 5 rings (SSSR count). The predicted molar refractivity (Wildman–Crippen MR) is 165 cm³/mol. The second kappa shape index (κ2) is 12.9. The minimum atomic E-state index is -1.91. The molecule has 1 amide bonds. The Labute approximate surface area is 260 Å². The summed E-state index contributed by atoms with van der Waals surface area (Å²) in [6.45, 7) is 5.89. The van der Waals surface area contributed by atoms with Crippen LogP contribution in [0.5, 0.6) is 5.75 Å². The standard InChI is InChI=1S/C33H38N4O8/c1-5-20-21-13-19(45-29(40)15-28(39)35-25(18(3)38)9-7-8-12-34-4)10-11-26(21)36-30-22(20)16-37-27(30)14-24-23(31(37)41)17-44-32(42)33(24,43)6-2/h10-11,13-14,25,34,43H,5-9,12,15-17H2,1-4H3,(H,35,39)/t25?,33-/m0/s1. The van der Waals surface area contributed by atoms with Crippen molar-refractivity contribution in [2.24, 2.45) is 0 Å². The largest absolute Gasteiger partial charge is 0.458 e. The number of Topliss-reactive ketones (excluding diaryl/α,β-unsaturated/α-hetero) is 1. The van der Waals surface area contributed by atoms with Crippen LogP contribution in [0.25, 0.3) is 22.3 Å². The third kappa shape index (κ3) is 5.99. The molecule has 2 aliphatic heterocycles. The van der Waals surface area contributed by atoms with Crippen LogP contribution in [0.15, 0.2) is 29.1 Å². The van der Waals surface area contributed by atoms with Gasteiger partial charge in [-0.3, -0.25) is 19.2 Å². The first-order chi connectivity index (χ1) is 21.5. The van der Waals surface area contributed by atoms with Crippen LogP contribution in [0.1, 0.15) is 75.1 Å². The third-order valence-corrected chi connectivity index (χ3v) is 8.66. The lowest BCUT2D eigenvalue weighted by atomic mass is 9.86. The number of aryl methyl sites for hydroxylation is 1. The molecule has 238 valence electrons. The number of esters is 2. The lowest BCUT2D eigenvalue weighted by molar-refractivity contribution is -0.172. The van der Waals surface area contributed by atoms with E-state index in [1.54, 1.807) is 35.8 Å². The molecule has 3 N–H and O–H groups in total. The Morgan fingerprint density at radius 3 is 2.62 bits per heavy atom. The number of ketones is 1. The molecule has 0 spiro atoms. The molecule has 0 fully saturated rings. The number of cyclic esters (lactones) is 1. The number of nitrogens with one attached hydrogen (secondary N) is 2. The molecule has 45 heavy (non-hydrogen) atoms. The average Bonchev–Trinajstić information content (AvgIpc) is 3.37. The van der Waals surface area contributed by atoms with E-state index in [-0.39, 0.29) is 47.8 Å². The van der Waals surface area contributed by atoms with Gasteiger partial charge < -0.3 is 29.8 Å². The topological polar surface area (TPSA) is 166 Å². The van der Waals surface area contributed by atoms with Gasteiger partial charge in [-0.2, -0.15) is 0 Å². The summed E-state index contributed by atoms with van der Waals surface area (Å²) in [7, 11) is 1.85. The molecule has 4 heterocycles. The Morgan fingerprint density at radius 2 is 1.93 bits per heavy atom. The van der Waals surface area contributed by atoms with E-state index >= 15 is 0 Å². The van der Waals surface area contributed by atoms with E-state index in [2.05, 4.69) is 10.6 Å². The van der Waals surface area contributed by atoms with Crippen LogP contribution in [-0.2, 0) is 49.1 Å². The maximum absolute atomic E-state index is 13.5. The number of nitrogens with zero attached hydrogens (tertiary/aromatic N) is 2. The molecule has 0 bridgehead atoms. The Bertz CT molecular complexity index is 1760. The zero-order chi connectivity index (χ0) is 32.5. The molecule has 12 nitrogen and oxygen atoms in total. The smallest absolute Gasteiger partial charge is 0.343 e. The lowest BCUT2D eigenvalue weighted by Crippen LogP contribution is -2.44. The lowest BCUT2D eigenvalue weighted by Gasteiger charge is -2.31. The number of fused-ring (bicyclic) bond motifs is 5. The van der Waals surface area contributed by atoms with Crippen LogP contribution in [0.2, 0.25) is 0 Å². The fraction of sp³-hybridized carbons (Fsp3) is 0.455. The highest BCUT2D eigenvalue weighted by Crippen LogP contribution is 2.40. The van der Waals surface area contributed by atoms with Crippen LogP contribution >= 0.6 is 0 Å². The van der Waals surface area contributed by atoms with Crippen LogP contribution in [0.3, 0.4) is 0 Å². The van der Waals surface area contributed by atoms with Crippen LogP contribution < -0.4 is 20.9 Å². The van der Waals surface area contributed by atoms with Gasteiger partial charge in [-0.15, -0.1) is 0 Å². The number of carbonyl (C=O) groups excluding carboxylic acids is 4. The Morgan fingerprint density at radius 1 is 1.16 bits per heavy atom. The maximum Gasteiger partial charge on any atom is 0.343 e. The van der Waals surface area contributed by atoms with E-state index in [0.29, 0.717) is 29.7 Å². The van der Waals surface area contributed by atoms with Crippen molar-refractivity contribution in [3.63, 3.8) is 0 Å². The van der Waals surface area contributed by atoms with Gasteiger partial charge in [0, 0.05) is 16.5 Å². The Hall–Kier alpha value is -4.42. The molecule has 0 saturated carbocycles. The SMILES string of the molecule is CCc1c2c(nc3ccc(OC(=O)CC(=O)NC(CCCCNC)C(C)=O)cc13)-c1cc3c(c(=O)n1C2)COC(=O)[C@]3(O)CC. The van der Waals surface area contributed by atoms with E-state index in [0.717, 1.165) is 35.9 Å². The summed E-state index contributed by atoms with van der Waals surface area (Å²) in [6.07, 6.45) is 2.20. The van der Waals surface area contributed by atoms with Crippen LogP contribution in [0.4, 0.5) is 0 Å². The number of amides is 1. The summed E-state index contributed by atoms with van der Waals surface area (Å²) in [6, 6.07) is 5.99. The summed E-state index contributed by atoms with van der Waals surface area (Å²) in [5, 5.41) is 17.5. The van der Waals surface area contributed by atoms with Gasteiger partial charge in [-0.25, -0.2) is 9.78 Å². The quantitative estimate of drug-likeness (QED) is 0.0929. The normalized spacial score (nSPS) is 17.2. The number of rotatable bonds is 12. The van der Waals surface area contributed by atoms with E-state index in [1.165, 1.54) is 6.92 Å². The fourth-order valence-corrected chi connectivity index (χ4v) is 6.18. The van der Waals surface area contributed by atoms with Gasteiger partial charge in [0.1, 0.15) is 18.8 Å². The molecule has 2 atom stereocenters. The molecule has 12 heteroatoms. The van der Waals surface area contributed by atoms with Crippen LogP contribution in [-0.4, -0.2) is 57.9 Å². The average molecular weight is 619 g/mol. The molecule has 1 unspecified atom stereocenters. The predicted octanol–water partition coefficient (Wildman–Crippen LogP) is 2.40. The number of carbonyl (C=O) groups is 4. The first kappa shape index (κ1) is 32.0. The van der Waals surface area contributed by atoms with E-state index in [1.807, 2.05) is 14.0 Å². The van der Waals surface area contributed by atoms with Gasteiger partial charge in [0.2, 0.25) is 5.91 Å². The van der Waals surface area contributed by atoms with Crippen molar-refractivity contribution in [3.05, 3.63) is 56.9 Å². The number of benzene rings is 1. The van der Waals surface area contributed by atoms with Crippen molar-refractivity contribution in [1.82, 2.24) is 20.2 Å². The summed E-state index contributed by atoms with van der Waals surface area (Å²) in [5.74, 6) is -2.06. The minimum Gasteiger partial charge on any atom is -0.458 e. The summed E-state index contributed by atoms with van der Waals surface area (Å²) < 4.78 is 12.2. The Kier molecular flexibility index (Phi) is 9.17. The van der Waals surface area contributed by atoms with Crippen molar-refractivity contribution < 1.29 is 33.8 Å². The zero-order valence-corrected chi connectivity index (χ0v) is 26.0. The van der Waals surface area contributed by atoms with Crippen molar-refractivity contribution in [2.45, 2.75) is 84.1 Å². The first-order valence-electron chi connectivity index (χ1n) is 15.3. The first-order valence-corrected chi connectivity index (χ1v) is 15.3. The molecule has 0 saturated heterocycles. The maximum atomic E-state index is 13.5. The highest BCUT2D eigenvalue weighted by Gasteiger charge is 2.45. The number of aliphatic hydroxyl groups is 1. The number of pyridine rings is 2. The van der Waals surface area contributed by atoms with Crippen LogP contribution in [0, 0.1) is 0 Å². The van der Waals surface area contributed by atoms with E-state index < -0.39 is 35.9 Å². The minimum absolute atomic E-state index is 0.0529. The third-order valence-electron chi connectivity index (χ3n) is 8.66. The van der Waals surface area contributed by atoms with Crippen molar-refractivity contribution >= 4 is 34.5 Å². The van der Waals surface area contributed by atoms with Gasteiger partial charge >= 0.3 is 11.9 Å². The van der Waals surface area contributed by atoms with Crippen molar-refractivity contribution in [3.8, 4) is 17.1 Å². The van der Waals surface area contributed by atoms with Gasteiger partial charge in [-0.1, -0.05) is 13.8 Å². The van der Waals surface area contributed by atoms with Gasteiger partial charge in [0.05, 0.1) is 35.1 Å². The second-order valence-electron chi connectivity index (χ2n) is 11.5. The highest BCUT2D eigenvalue weighted by molar-refractivity contribution is 5.98. The Balaban J connectivity index is 1.38. The number of aromatic nitrogens is 2. The van der Waals surface area contributed by atoms with Gasteiger partial charge in [0.25, 0.3) is 5.56 Å². The molecule has 2 aromatic heterocycles. The molecular weight excluding hydrogens is 580 g/mol. The van der Waals surface area contributed by atoms with Gasteiger partial charge in [0.15, 0.2) is 11.4 Å². The van der Waals surface area contributed by atoms with E-state index in [9.17, 15) is 29.1 Å². The molecule has 3 aromatic rings. The summed E-state index contributed by atoms with van der Waals surface area (Å²) >= 11 is 0. The van der Waals surface area contributed by atoms with Gasteiger partial charge in [-0.05, 0) is 82.4 Å². The molecule has 0 radical (unpaired) electrons. The highest BCUT2D eigenvalue weighted by atomic mass is 16.6. The number of hydrogen-bond donors (Lipinski definition) is 3.